The summed E-state index contributed by atoms with van der Waals surface area (Å²) in [6, 6.07) is 0. The fraction of sp³-hybridized carbons (Fsp3) is 0.700. The Balaban J connectivity index is 2.63. The molecule has 0 saturated heterocycles. The fourth-order valence-corrected chi connectivity index (χ4v) is 1.76. The average molecular weight is 201 g/mol. The van der Waals surface area contributed by atoms with Crippen LogP contribution in [-0.2, 0) is 9.53 Å². The van der Waals surface area contributed by atoms with Crippen LogP contribution in [0.3, 0.4) is 0 Å². The van der Waals surface area contributed by atoms with E-state index in [-0.39, 0.29) is 23.2 Å². The maximum Gasteiger partial charge on any atom is 0.310 e. The molecule has 1 aliphatic carbocycles. The van der Waals surface area contributed by atoms with E-state index in [0.717, 1.165) is 0 Å². The summed E-state index contributed by atoms with van der Waals surface area (Å²) in [5.41, 5.74) is -0.0753. The lowest BCUT2D eigenvalue weighted by molar-refractivity contribution is -0.145. The van der Waals surface area contributed by atoms with E-state index in [2.05, 4.69) is 11.3 Å². The average Bonchev–Trinajstić information content (AvgIpc) is 2.55. The molecule has 0 spiro atoms. The van der Waals surface area contributed by atoms with Crippen LogP contribution < -0.4 is 0 Å². The molecule has 2 nitrogen and oxygen atoms in total. The molecule has 3 heteroatoms. The zero-order valence-electron chi connectivity index (χ0n) is 8.06. The SMILES string of the molecule is CCOC(=O)C1C(C#CCl)C1(C)C. The van der Waals surface area contributed by atoms with Crippen molar-refractivity contribution in [1.29, 1.82) is 0 Å². The first-order chi connectivity index (χ1) is 6.05. The predicted molar refractivity (Wildman–Crippen MR) is 51.0 cm³/mol. The Morgan fingerprint density at radius 2 is 2.23 bits per heavy atom. The first-order valence-electron chi connectivity index (χ1n) is 4.33. The highest BCUT2D eigenvalue weighted by Gasteiger charge is 2.62. The van der Waals surface area contributed by atoms with E-state index in [1.54, 1.807) is 6.92 Å². The van der Waals surface area contributed by atoms with Gasteiger partial charge >= 0.3 is 5.97 Å². The molecule has 0 aromatic rings. The molecule has 13 heavy (non-hydrogen) atoms. The van der Waals surface area contributed by atoms with Crippen LogP contribution in [0.2, 0.25) is 0 Å². The van der Waals surface area contributed by atoms with Crippen molar-refractivity contribution in [2.75, 3.05) is 6.61 Å². The van der Waals surface area contributed by atoms with Gasteiger partial charge in [-0.15, -0.1) is 0 Å². The number of rotatable bonds is 2. The summed E-state index contributed by atoms with van der Waals surface area (Å²) in [6.45, 7) is 6.23. The summed E-state index contributed by atoms with van der Waals surface area (Å²) in [7, 11) is 0. The Hall–Kier alpha value is -0.680. The summed E-state index contributed by atoms with van der Waals surface area (Å²) in [5, 5.41) is 2.33. The number of hydrogen-bond acceptors (Lipinski definition) is 2. The number of ether oxygens (including phenoxy) is 1. The van der Waals surface area contributed by atoms with Gasteiger partial charge in [-0.1, -0.05) is 19.8 Å². The number of carbonyl (C=O) groups excluding carboxylic acids is 1. The zero-order valence-corrected chi connectivity index (χ0v) is 8.81. The minimum absolute atomic E-state index is 0.0593. The Morgan fingerprint density at radius 1 is 1.62 bits per heavy atom. The molecule has 0 aromatic carbocycles. The topological polar surface area (TPSA) is 26.3 Å². The molecule has 0 aromatic heterocycles. The Kier molecular flexibility index (Phi) is 2.87. The summed E-state index contributed by atoms with van der Waals surface area (Å²) in [4.78, 5) is 11.4. The van der Waals surface area contributed by atoms with Gasteiger partial charge in [0.1, 0.15) is 0 Å². The molecule has 1 rings (SSSR count). The van der Waals surface area contributed by atoms with E-state index in [1.807, 2.05) is 13.8 Å². The minimum Gasteiger partial charge on any atom is -0.466 e. The van der Waals surface area contributed by atoms with Crippen LogP contribution in [0.1, 0.15) is 20.8 Å². The molecule has 0 N–H and O–H groups in total. The highest BCUT2D eigenvalue weighted by Crippen LogP contribution is 2.58. The van der Waals surface area contributed by atoms with Crippen molar-refractivity contribution in [3.8, 4) is 11.3 Å². The van der Waals surface area contributed by atoms with Gasteiger partial charge in [0.15, 0.2) is 0 Å². The van der Waals surface area contributed by atoms with Crippen LogP contribution in [0.4, 0.5) is 0 Å². The van der Waals surface area contributed by atoms with Crippen LogP contribution in [0.15, 0.2) is 0 Å². The molecule has 1 aliphatic rings. The third-order valence-corrected chi connectivity index (χ3v) is 2.69. The van der Waals surface area contributed by atoms with Gasteiger partial charge < -0.3 is 4.74 Å². The van der Waals surface area contributed by atoms with Crippen LogP contribution in [0, 0.1) is 28.6 Å². The first kappa shape index (κ1) is 10.4. The van der Waals surface area contributed by atoms with E-state index < -0.39 is 0 Å². The Morgan fingerprint density at radius 3 is 2.69 bits per heavy atom. The molecule has 72 valence electrons. The van der Waals surface area contributed by atoms with E-state index >= 15 is 0 Å². The molecule has 0 bridgehead atoms. The van der Waals surface area contributed by atoms with Gasteiger partial charge in [0.05, 0.1) is 12.5 Å². The van der Waals surface area contributed by atoms with Crippen molar-refractivity contribution in [2.45, 2.75) is 20.8 Å². The molecule has 2 atom stereocenters. The molecule has 0 heterocycles. The van der Waals surface area contributed by atoms with Crippen molar-refractivity contribution in [3.63, 3.8) is 0 Å². The Labute approximate surface area is 83.6 Å². The number of hydrogen-bond donors (Lipinski definition) is 0. The molecule has 1 fully saturated rings. The fourth-order valence-electron chi connectivity index (χ4n) is 1.64. The minimum atomic E-state index is -0.156. The van der Waals surface area contributed by atoms with Gasteiger partial charge in [0.25, 0.3) is 0 Å². The van der Waals surface area contributed by atoms with Gasteiger partial charge in [-0.2, -0.15) is 0 Å². The van der Waals surface area contributed by atoms with E-state index in [4.69, 9.17) is 16.3 Å². The number of halogens is 1. The standard InChI is InChI=1S/C10H13ClO2/c1-4-13-9(12)8-7(5-6-11)10(8,2)3/h7-8H,4H2,1-3H3. The third kappa shape index (κ3) is 1.81. The first-order valence-corrected chi connectivity index (χ1v) is 4.71. The van der Waals surface area contributed by atoms with Crippen molar-refractivity contribution in [2.24, 2.45) is 17.3 Å². The number of carbonyl (C=O) groups is 1. The smallest absolute Gasteiger partial charge is 0.310 e. The predicted octanol–water partition coefficient (Wildman–Crippen LogP) is 2.02. The lowest BCUT2D eigenvalue weighted by atomic mass is 10.1. The summed E-state index contributed by atoms with van der Waals surface area (Å²) < 4.78 is 4.93. The summed E-state index contributed by atoms with van der Waals surface area (Å²) in [6.07, 6.45) is 0. The zero-order chi connectivity index (χ0) is 10.1. The summed E-state index contributed by atoms with van der Waals surface area (Å²) in [5.74, 6) is 2.62. The van der Waals surface area contributed by atoms with E-state index in [9.17, 15) is 4.79 Å². The molecule has 1 saturated carbocycles. The van der Waals surface area contributed by atoms with E-state index in [1.165, 1.54) is 0 Å². The van der Waals surface area contributed by atoms with Crippen LogP contribution in [0.25, 0.3) is 0 Å². The molecule has 2 unspecified atom stereocenters. The summed E-state index contributed by atoms with van der Waals surface area (Å²) >= 11 is 5.30. The van der Waals surface area contributed by atoms with Crippen LogP contribution in [0.5, 0.6) is 0 Å². The van der Waals surface area contributed by atoms with Gasteiger partial charge in [-0.05, 0) is 23.9 Å². The van der Waals surface area contributed by atoms with Crippen molar-refractivity contribution >= 4 is 17.6 Å². The molecule has 0 amide bonds. The van der Waals surface area contributed by atoms with Crippen LogP contribution in [-0.4, -0.2) is 12.6 Å². The second-order valence-electron chi connectivity index (χ2n) is 3.77. The lowest BCUT2D eigenvalue weighted by Crippen LogP contribution is -2.10. The molecular weight excluding hydrogens is 188 g/mol. The third-order valence-electron chi connectivity index (χ3n) is 2.58. The van der Waals surface area contributed by atoms with Gasteiger partial charge in [-0.3, -0.25) is 4.79 Å². The van der Waals surface area contributed by atoms with Gasteiger partial charge in [0.2, 0.25) is 0 Å². The maximum absolute atomic E-state index is 11.4. The lowest BCUT2D eigenvalue weighted by Gasteiger charge is -2.01. The monoisotopic (exact) mass is 200 g/mol. The largest absolute Gasteiger partial charge is 0.466 e. The second-order valence-corrected chi connectivity index (χ2v) is 3.96. The quantitative estimate of drug-likeness (QED) is 0.504. The molecule has 0 aliphatic heterocycles. The van der Waals surface area contributed by atoms with Crippen molar-refractivity contribution in [3.05, 3.63) is 0 Å². The normalized spacial score (nSPS) is 28.6. The van der Waals surface area contributed by atoms with Gasteiger partial charge in [-0.25, -0.2) is 0 Å². The highest BCUT2D eigenvalue weighted by molar-refractivity contribution is 6.30. The number of esters is 1. The highest BCUT2D eigenvalue weighted by atomic mass is 35.5. The van der Waals surface area contributed by atoms with Crippen LogP contribution >= 0.6 is 11.6 Å². The van der Waals surface area contributed by atoms with Crippen molar-refractivity contribution in [1.82, 2.24) is 0 Å². The van der Waals surface area contributed by atoms with E-state index in [0.29, 0.717) is 6.61 Å². The van der Waals surface area contributed by atoms with Crippen molar-refractivity contribution < 1.29 is 9.53 Å². The maximum atomic E-state index is 11.4. The molecule has 0 radical (unpaired) electrons. The van der Waals surface area contributed by atoms with Gasteiger partial charge in [0, 0.05) is 11.3 Å². The second kappa shape index (κ2) is 3.59. The molecular formula is C10H13ClO2. The Bertz CT molecular complexity index is 272.